The quantitative estimate of drug-likeness (QED) is 0.420. The van der Waals surface area contributed by atoms with E-state index in [0.717, 1.165) is 0 Å². The molecule has 1 saturated heterocycles. The van der Waals surface area contributed by atoms with Gasteiger partial charge in [0.1, 0.15) is 12.2 Å². The van der Waals surface area contributed by atoms with Crippen molar-refractivity contribution < 1.29 is 27.7 Å². The van der Waals surface area contributed by atoms with Crippen LogP contribution < -0.4 is 0 Å². The van der Waals surface area contributed by atoms with Gasteiger partial charge in [0, 0.05) is 5.92 Å². The Hall–Kier alpha value is -0.680. The molecule has 1 aliphatic heterocycles. The minimum atomic E-state index is -3.58. The summed E-state index contributed by atoms with van der Waals surface area (Å²) in [6.07, 6.45) is 2.96. The molecule has 3 atom stereocenters. The van der Waals surface area contributed by atoms with E-state index < -0.39 is 20.0 Å². The summed E-state index contributed by atoms with van der Waals surface area (Å²) < 4.78 is 32.8. The highest BCUT2D eigenvalue weighted by molar-refractivity contribution is 7.48. The van der Waals surface area contributed by atoms with Gasteiger partial charge in [0.15, 0.2) is 0 Å². The molecule has 0 aromatic carbocycles. The second-order valence-corrected chi connectivity index (χ2v) is 5.68. The van der Waals surface area contributed by atoms with Gasteiger partial charge in [-0.25, -0.2) is 4.57 Å². The smallest absolute Gasteiger partial charge is 0.459 e. The Morgan fingerprint density at radius 2 is 2.00 bits per heavy atom. The van der Waals surface area contributed by atoms with E-state index in [1.54, 1.807) is 19.9 Å². The van der Waals surface area contributed by atoms with Crippen LogP contribution >= 0.6 is 7.82 Å². The van der Waals surface area contributed by atoms with E-state index in [4.69, 9.17) is 18.3 Å². The van der Waals surface area contributed by atoms with Gasteiger partial charge >= 0.3 is 13.8 Å². The maximum Gasteiger partial charge on any atom is 0.475 e. The Bertz CT molecular complexity index is 383. The minimum Gasteiger partial charge on any atom is -0.459 e. The van der Waals surface area contributed by atoms with Gasteiger partial charge in [0.2, 0.25) is 0 Å². The first-order valence-electron chi connectivity index (χ1n) is 6.03. The number of phosphoric ester groups is 1. The summed E-state index contributed by atoms with van der Waals surface area (Å²) >= 11 is 0. The molecular weight excluding hydrogens is 259 g/mol. The van der Waals surface area contributed by atoms with E-state index in [0.29, 0.717) is 6.42 Å². The first-order valence-corrected chi connectivity index (χ1v) is 7.49. The fraction of sp³-hybridized carbons (Fsp3) is 0.727. The third-order valence-electron chi connectivity index (χ3n) is 2.79. The first-order chi connectivity index (χ1) is 8.58. The van der Waals surface area contributed by atoms with Gasteiger partial charge in [-0.3, -0.25) is 18.4 Å². The number of fused-ring (bicyclic) bond motifs is 1. The molecule has 0 spiro atoms. The molecule has 102 valence electrons. The van der Waals surface area contributed by atoms with Crippen LogP contribution in [0.2, 0.25) is 0 Å². The first kappa shape index (κ1) is 13.7. The van der Waals surface area contributed by atoms with Crippen LogP contribution in [0.3, 0.4) is 0 Å². The molecule has 2 rings (SSSR count). The number of hydrogen-bond acceptors (Lipinski definition) is 6. The fourth-order valence-corrected chi connectivity index (χ4v) is 3.42. The molecule has 18 heavy (non-hydrogen) atoms. The van der Waals surface area contributed by atoms with Crippen LogP contribution in [0.15, 0.2) is 12.2 Å². The minimum absolute atomic E-state index is 0.000738. The van der Waals surface area contributed by atoms with Crippen molar-refractivity contribution in [1.82, 2.24) is 0 Å². The molecule has 1 aliphatic carbocycles. The van der Waals surface area contributed by atoms with Gasteiger partial charge in [-0.15, -0.1) is 0 Å². The van der Waals surface area contributed by atoms with Crippen molar-refractivity contribution in [2.24, 2.45) is 5.92 Å². The number of rotatable bonds is 6. The molecule has 0 amide bonds. The highest BCUT2D eigenvalue weighted by Crippen LogP contribution is 2.52. The number of phosphoric acid groups is 1. The van der Waals surface area contributed by atoms with E-state index in [9.17, 15) is 9.36 Å². The molecule has 1 fully saturated rings. The summed E-state index contributed by atoms with van der Waals surface area (Å²) in [4.78, 5) is 11.2. The Balaban J connectivity index is 2.02. The maximum atomic E-state index is 12.2. The molecular formula is C11H17O6P. The second-order valence-electron chi connectivity index (χ2n) is 4.06. The molecule has 0 saturated carbocycles. The molecule has 6 nitrogen and oxygen atoms in total. The van der Waals surface area contributed by atoms with E-state index in [2.05, 4.69) is 0 Å². The van der Waals surface area contributed by atoms with Gasteiger partial charge in [0.05, 0.1) is 19.6 Å². The molecule has 0 aromatic heterocycles. The lowest BCUT2D eigenvalue weighted by molar-refractivity contribution is -0.144. The molecule has 0 unspecified atom stereocenters. The van der Waals surface area contributed by atoms with Crippen LogP contribution in [-0.4, -0.2) is 31.4 Å². The van der Waals surface area contributed by atoms with Crippen molar-refractivity contribution in [1.29, 1.82) is 0 Å². The average molecular weight is 276 g/mol. The molecule has 2 aliphatic rings. The Labute approximate surface area is 106 Å². The largest absolute Gasteiger partial charge is 0.475 e. The fourth-order valence-electron chi connectivity index (χ4n) is 2.10. The molecule has 0 N–H and O–H groups in total. The van der Waals surface area contributed by atoms with E-state index in [1.807, 2.05) is 6.08 Å². The van der Waals surface area contributed by atoms with Crippen molar-refractivity contribution in [2.75, 3.05) is 13.2 Å². The third-order valence-corrected chi connectivity index (χ3v) is 4.44. The van der Waals surface area contributed by atoms with E-state index in [1.165, 1.54) is 0 Å². The maximum absolute atomic E-state index is 12.2. The van der Waals surface area contributed by atoms with Crippen LogP contribution in [-0.2, 0) is 27.7 Å². The van der Waals surface area contributed by atoms with E-state index >= 15 is 0 Å². The van der Waals surface area contributed by atoms with Crippen LogP contribution in [0.25, 0.3) is 0 Å². The number of carbonyl (C=O) groups is 1. The van der Waals surface area contributed by atoms with Crippen LogP contribution in [0.4, 0.5) is 0 Å². The topological polar surface area (TPSA) is 71.1 Å². The Morgan fingerprint density at radius 3 is 2.61 bits per heavy atom. The molecule has 0 bridgehead atoms. The van der Waals surface area contributed by atoms with Gasteiger partial charge < -0.3 is 4.74 Å². The summed E-state index contributed by atoms with van der Waals surface area (Å²) in [7, 11) is -3.58. The van der Waals surface area contributed by atoms with Crippen molar-refractivity contribution in [3.05, 3.63) is 12.2 Å². The molecule has 0 radical (unpaired) electrons. The van der Waals surface area contributed by atoms with Crippen molar-refractivity contribution >= 4 is 13.8 Å². The molecule has 0 aromatic rings. The van der Waals surface area contributed by atoms with Crippen molar-refractivity contribution in [2.45, 2.75) is 32.5 Å². The normalized spacial score (nSPS) is 30.6. The number of carbonyl (C=O) groups excluding carboxylic acids is 1. The predicted molar refractivity (Wildman–Crippen MR) is 62.9 cm³/mol. The van der Waals surface area contributed by atoms with Gasteiger partial charge in [-0.2, -0.15) is 0 Å². The summed E-state index contributed by atoms with van der Waals surface area (Å²) in [5, 5.41) is 0. The zero-order chi connectivity index (χ0) is 13.2. The van der Waals surface area contributed by atoms with E-state index in [-0.39, 0.29) is 25.1 Å². The van der Waals surface area contributed by atoms with Crippen LogP contribution in [0, 0.1) is 5.92 Å². The third kappa shape index (κ3) is 2.83. The lowest BCUT2D eigenvalue weighted by Gasteiger charge is -2.23. The van der Waals surface area contributed by atoms with Crippen LogP contribution in [0.1, 0.15) is 20.3 Å². The summed E-state index contributed by atoms with van der Waals surface area (Å²) in [5.41, 5.74) is 0. The lowest BCUT2D eigenvalue weighted by Crippen LogP contribution is -2.27. The SMILES string of the molecule is CCOP(=O)(OCC)O[C@@H]1C=C[C@H]2CC(=O)O[C@H]21. The lowest BCUT2D eigenvalue weighted by atomic mass is 10.1. The van der Waals surface area contributed by atoms with Gasteiger partial charge in [-0.1, -0.05) is 12.2 Å². The standard InChI is InChI=1S/C11H17O6P/c1-3-14-18(13,15-4-2)17-9-6-5-8-7-10(12)16-11(8)9/h5-6,8-9,11H,3-4,7H2,1-2H3/t8-,9+,11+/m0/s1. The predicted octanol–water partition coefficient (Wildman–Crippen LogP) is 2.05. The average Bonchev–Trinajstić information content (AvgIpc) is 2.80. The molecule has 7 heteroatoms. The van der Waals surface area contributed by atoms with Crippen LogP contribution in [0.5, 0.6) is 0 Å². The zero-order valence-electron chi connectivity index (χ0n) is 10.4. The van der Waals surface area contributed by atoms with Gasteiger partial charge in [-0.05, 0) is 13.8 Å². The summed E-state index contributed by atoms with van der Waals surface area (Å²) in [6.45, 7) is 3.86. The Morgan fingerprint density at radius 1 is 1.33 bits per heavy atom. The van der Waals surface area contributed by atoms with Gasteiger partial charge in [0.25, 0.3) is 0 Å². The highest BCUT2D eigenvalue weighted by Gasteiger charge is 2.45. The summed E-state index contributed by atoms with van der Waals surface area (Å²) in [5.74, 6) is -0.259. The second kappa shape index (κ2) is 5.53. The number of ether oxygens (including phenoxy) is 1. The molecule has 1 heterocycles. The number of hydrogen-bond donors (Lipinski definition) is 0. The highest BCUT2D eigenvalue weighted by atomic mass is 31.2. The Kier molecular flexibility index (Phi) is 4.22. The van der Waals surface area contributed by atoms with Crippen molar-refractivity contribution in [3.8, 4) is 0 Å². The summed E-state index contributed by atoms with van der Waals surface area (Å²) in [6, 6.07) is 0. The monoisotopic (exact) mass is 276 g/mol. The van der Waals surface area contributed by atoms with Crippen molar-refractivity contribution in [3.63, 3.8) is 0 Å². The zero-order valence-corrected chi connectivity index (χ0v) is 11.3. The number of esters is 1.